The van der Waals surface area contributed by atoms with Gasteiger partial charge in [-0.1, -0.05) is 36.8 Å². The lowest BCUT2D eigenvalue weighted by atomic mass is 9.95. The number of hydrogen-bond donors (Lipinski definition) is 2. The third kappa shape index (κ3) is 6.41. The summed E-state index contributed by atoms with van der Waals surface area (Å²) in [6.07, 6.45) is 0.975. The van der Waals surface area contributed by atoms with E-state index in [1.807, 2.05) is 0 Å². The summed E-state index contributed by atoms with van der Waals surface area (Å²) < 4.78 is 11.0. The maximum absolute atomic E-state index is 12.9. The molecule has 2 N–H and O–H groups in total. The Balaban J connectivity index is 1.60. The number of nitrogens with one attached hydrogen (secondary N) is 2. The maximum atomic E-state index is 12.9. The molecule has 7 nitrogen and oxygen atoms in total. The van der Waals surface area contributed by atoms with Crippen molar-refractivity contribution in [2.75, 3.05) is 65.7 Å². The predicted octanol–water partition coefficient (Wildman–Crippen LogP) is 2.17. The standard InChI is InChI=1S/C23H38N4O3/c1-4-23(3,27-11-15-30-16-12-27)18-24-22(28)25-21(17-26-9-13-29-14-10-26)20-7-5-19(2)6-8-20/h5-8,21H,4,9-18H2,1-3H3,(H2,24,25,28)/t21-,23+/m1/s1. The number of hydrogen-bond acceptors (Lipinski definition) is 5. The van der Waals surface area contributed by atoms with Gasteiger partial charge in [-0.3, -0.25) is 9.80 Å². The smallest absolute Gasteiger partial charge is 0.315 e. The summed E-state index contributed by atoms with van der Waals surface area (Å²) in [5, 5.41) is 6.37. The van der Waals surface area contributed by atoms with E-state index in [-0.39, 0.29) is 17.6 Å². The summed E-state index contributed by atoms with van der Waals surface area (Å²) in [5.41, 5.74) is 2.29. The number of aryl methyl sites for hydroxylation is 1. The van der Waals surface area contributed by atoms with Crippen molar-refractivity contribution in [3.63, 3.8) is 0 Å². The Bertz CT molecular complexity index is 657. The number of morpholine rings is 2. The highest BCUT2D eigenvalue weighted by molar-refractivity contribution is 5.74. The van der Waals surface area contributed by atoms with Gasteiger partial charge in [-0.2, -0.15) is 0 Å². The van der Waals surface area contributed by atoms with Gasteiger partial charge in [-0.05, 0) is 25.8 Å². The quantitative estimate of drug-likeness (QED) is 0.677. The predicted molar refractivity (Wildman–Crippen MR) is 119 cm³/mol. The summed E-state index contributed by atoms with van der Waals surface area (Å²) in [6.45, 7) is 14.5. The molecule has 2 heterocycles. The van der Waals surface area contributed by atoms with Crippen LogP contribution in [0.25, 0.3) is 0 Å². The van der Waals surface area contributed by atoms with Crippen LogP contribution in [0.2, 0.25) is 0 Å². The molecule has 2 aliphatic rings. The molecule has 2 amide bonds. The fourth-order valence-corrected chi connectivity index (χ4v) is 4.12. The van der Waals surface area contributed by atoms with Gasteiger partial charge in [0.2, 0.25) is 0 Å². The molecule has 3 rings (SSSR count). The van der Waals surface area contributed by atoms with Gasteiger partial charge in [-0.15, -0.1) is 0 Å². The fourth-order valence-electron chi connectivity index (χ4n) is 4.12. The molecule has 1 aromatic carbocycles. The van der Waals surface area contributed by atoms with Crippen LogP contribution in [0.4, 0.5) is 4.79 Å². The van der Waals surface area contributed by atoms with E-state index in [0.29, 0.717) is 6.54 Å². The molecule has 168 valence electrons. The van der Waals surface area contributed by atoms with Crippen LogP contribution < -0.4 is 10.6 Å². The molecule has 1 aromatic rings. The van der Waals surface area contributed by atoms with E-state index in [1.54, 1.807) is 0 Å². The average Bonchev–Trinajstić information content (AvgIpc) is 2.79. The van der Waals surface area contributed by atoms with Gasteiger partial charge >= 0.3 is 6.03 Å². The SMILES string of the molecule is CC[C@@](C)(CNC(=O)N[C@H](CN1CCOCC1)c1ccc(C)cc1)N1CCOCC1. The molecule has 0 spiro atoms. The molecular weight excluding hydrogens is 380 g/mol. The number of carbonyl (C=O) groups excluding carboxylic acids is 1. The Labute approximate surface area is 181 Å². The van der Waals surface area contributed by atoms with E-state index in [2.05, 4.69) is 65.5 Å². The Hall–Kier alpha value is -1.67. The summed E-state index contributed by atoms with van der Waals surface area (Å²) in [4.78, 5) is 17.7. The molecule has 2 saturated heterocycles. The lowest BCUT2D eigenvalue weighted by Gasteiger charge is -2.43. The molecule has 0 saturated carbocycles. The molecular formula is C23H38N4O3. The highest BCUT2D eigenvalue weighted by atomic mass is 16.5. The number of benzene rings is 1. The first-order valence-corrected chi connectivity index (χ1v) is 11.2. The van der Waals surface area contributed by atoms with Crippen LogP contribution in [0.3, 0.4) is 0 Å². The Morgan fingerprint density at radius 1 is 1.07 bits per heavy atom. The molecule has 0 bridgehead atoms. The molecule has 0 unspecified atom stereocenters. The van der Waals surface area contributed by atoms with Crippen molar-refractivity contribution in [1.82, 2.24) is 20.4 Å². The minimum atomic E-state index is -0.109. The third-order valence-corrected chi connectivity index (χ3v) is 6.50. The first-order valence-electron chi connectivity index (χ1n) is 11.2. The van der Waals surface area contributed by atoms with Crippen LogP contribution in [0.15, 0.2) is 24.3 Å². The van der Waals surface area contributed by atoms with Gasteiger partial charge in [-0.25, -0.2) is 4.79 Å². The summed E-state index contributed by atoms with van der Waals surface area (Å²) >= 11 is 0. The molecule has 2 fully saturated rings. The Morgan fingerprint density at radius 3 is 2.27 bits per heavy atom. The van der Waals surface area contributed by atoms with E-state index in [9.17, 15) is 4.79 Å². The van der Waals surface area contributed by atoms with Crippen LogP contribution >= 0.6 is 0 Å². The Morgan fingerprint density at radius 2 is 1.67 bits per heavy atom. The van der Waals surface area contributed by atoms with E-state index in [0.717, 1.165) is 71.1 Å². The molecule has 2 atom stereocenters. The largest absolute Gasteiger partial charge is 0.379 e. The van der Waals surface area contributed by atoms with Gasteiger partial charge in [0.1, 0.15) is 0 Å². The van der Waals surface area contributed by atoms with Gasteiger partial charge in [0.15, 0.2) is 0 Å². The van der Waals surface area contributed by atoms with E-state index < -0.39 is 0 Å². The number of rotatable bonds is 8. The molecule has 0 radical (unpaired) electrons. The highest BCUT2D eigenvalue weighted by Crippen LogP contribution is 2.20. The van der Waals surface area contributed by atoms with Crippen molar-refractivity contribution in [2.45, 2.75) is 38.8 Å². The van der Waals surface area contributed by atoms with Crippen LogP contribution in [0, 0.1) is 6.92 Å². The molecule has 2 aliphatic heterocycles. The van der Waals surface area contributed by atoms with Crippen LogP contribution in [0.5, 0.6) is 0 Å². The van der Waals surface area contributed by atoms with Gasteiger partial charge in [0.05, 0.1) is 32.5 Å². The van der Waals surface area contributed by atoms with Crippen molar-refractivity contribution in [1.29, 1.82) is 0 Å². The van der Waals surface area contributed by atoms with E-state index >= 15 is 0 Å². The second kappa shape index (κ2) is 11.1. The van der Waals surface area contributed by atoms with E-state index in [4.69, 9.17) is 9.47 Å². The topological polar surface area (TPSA) is 66.1 Å². The maximum Gasteiger partial charge on any atom is 0.315 e. The number of nitrogens with zero attached hydrogens (tertiary/aromatic N) is 2. The van der Waals surface area contributed by atoms with Gasteiger partial charge in [0.25, 0.3) is 0 Å². The van der Waals surface area contributed by atoms with Gasteiger partial charge < -0.3 is 20.1 Å². The minimum absolute atomic E-state index is 0.0556. The zero-order valence-corrected chi connectivity index (χ0v) is 18.8. The van der Waals surface area contributed by atoms with Crippen molar-refractivity contribution in [3.05, 3.63) is 35.4 Å². The fraction of sp³-hybridized carbons (Fsp3) is 0.696. The van der Waals surface area contributed by atoms with Crippen molar-refractivity contribution in [3.8, 4) is 0 Å². The number of ether oxygens (including phenoxy) is 2. The van der Waals surface area contributed by atoms with Gasteiger partial charge in [0, 0.05) is 44.8 Å². The minimum Gasteiger partial charge on any atom is -0.379 e. The summed E-state index contributed by atoms with van der Waals surface area (Å²) in [7, 11) is 0. The average molecular weight is 419 g/mol. The zero-order valence-electron chi connectivity index (χ0n) is 18.8. The molecule has 0 aliphatic carbocycles. The lowest BCUT2D eigenvalue weighted by molar-refractivity contribution is -0.0165. The van der Waals surface area contributed by atoms with Crippen molar-refractivity contribution in [2.24, 2.45) is 0 Å². The van der Waals surface area contributed by atoms with Crippen LogP contribution in [0.1, 0.15) is 37.4 Å². The number of urea groups is 1. The first kappa shape index (κ1) is 23.0. The Kier molecular flexibility index (Phi) is 8.50. The monoisotopic (exact) mass is 418 g/mol. The highest BCUT2D eigenvalue weighted by Gasteiger charge is 2.32. The zero-order chi connectivity index (χ0) is 21.4. The molecule has 0 aromatic heterocycles. The van der Waals surface area contributed by atoms with E-state index in [1.165, 1.54) is 5.56 Å². The van der Waals surface area contributed by atoms with Crippen LogP contribution in [-0.4, -0.2) is 87.1 Å². The second-order valence-corrected chi connectivity index (χ2v) is 8.65. The van der Waals surface area contributed by atoms with Crippen molar-refractivity contribution < 1.29 is 14.3 Å². The normalized spacial score (nSPS) is 21.6. The lowest BCUT2D eigenvalue weighted by Crippen LogP contribution is -2.58. The molecule has 30 heavy (non-hydrogen) atoms. The number of carbonyl (C=O) groups is 1. The summed E-state index contributed by atoms with van der Waals surface area (Å²) in [5.74, 6) is 0. The summed E-state index contributed by atoms with van der Waals surface area (Å²) in [6, 6.07) is 8.28. The van der Waals surface area contributed by atoms with Crippen molar-refractivity contribution >= 4 is 6.03 Å². The second-order valence-electron chi connectivity index (χ2n) is 8.65. The number of amides is 2. The first-order chi connectivity index (χ1) is 14.5. The van der Waals surface area contributed by atoms with Crippen LogP contribution in [-0.2, 0) is 9.47 Å². The molecule has 7 heteroatoms. The third-order valence-electron chi connectivity index (χ3n) is 6.50.